The third-order valence-corrected chi connectivity index (χ3v) is 5.75. The molecule has 0 bridgehead atoms. The molecular formula is C24H17F6N7O3. The van der Waals surface area contributed by atoms with Crippen molar-refractivity contribution in [3.05, 3.63) is 85.7 Å². The van der Waals surface area contributed by atoms with Crippen LogP contribution in [0.15, 0.2) is 46.6 Å². The van der Waals surface area contributed by atoms with E-state index in [-0.39, 0.29) is 22.5 Å². The fourth-order valence-electron chi connectivity index (χ4n) is 3.59. The molecule has 0 aliphatic carbocycles. The van der Waals surface area contributed by atoms with Gasteiger partial charge in [0.05, 0.1) is 41.8 Å². The molecule has 0 aliphatic heterocycles. The van der Waals surface area contributed by atoms with Crippen molar-refractivity contribution in [3.63, 3.8) is 0 Å². The van der Waals surface area contributed by atoms with Gasteiger partial charge in [-0.3, -0.25) is 18.8 Å². The van der Waals surface area contributed by atoms with Gasteiger partial charge in [0.25, 0.3) is 17.5 Å². The molecule has 3 heterocycles. The van der Waals surface area contributed by atoms with Crippen LogP contribution in [0.5, 0.6) is 11.5 Å². The summed E-state index contributed by atoms with van der Waals surface area (Å²) in [6, 6.07) is 3.15. The van der Waals surface area contributed by atoms with Gasteiger partial charge in [0.2, 0.25) is 5.75 Å². The minimum atomic E-state index is -4.98. The van der Waals surface area contributed by atoms with E-state index in [4.69, 9.17) is 4.74 Å². The lowest BCUT2D eigenvalue weighted by Gasteiger charge is -2.20. The molecule has 1 aromatic carbocycles. The number of nitriles is 1. The van der Waals surface area contributed by atoms with E-state index in [2.05, 4.69) is 20.1 Å². The van der Waals surface area contributed by atoms with Crippen molar-refractivity contribution in [2.24, 2.45) is 7.05 Å². The highest BCUT2D eigenvalue weighted by Crippen LogP contribution is 2.39. The van der Waals surface area contributed by atoms with Crippen LogP contribution in [0.3, 0.4) is 0 Å². The Bertz CT molecular complexity index is 1740. The van der Waals surface area contributed by atoms with Crippen LogP contribution < -0.4 is 15.9 Å². The fraction of sp³-hybridized carbons (Fsp3) is 0.250. The van der Waals surface area contributed by atoms with E-state index < -0.39 is 59.2 Å². The monoisotopic (exact) mass is 565 g/mol. The summed E-state index contributed by atoms with van der Waals surface area (Å²) in [5.74, 6) is -6.87. The zero-order chi connectivity index (χ0) is 29.4. The van der Waals surface area contributed by atoms with Crippen molar-refractivity contribution in [3.8, 4) is 29.0 Å². The number of alkyl halides is 6. The highest BCUT2D eigenvalue weighted by Gasteiger charge is 2.48. The van der Waals surface area contributed by atoms with Gasteiger partial charge in [0, 0.05) is 30.6 Å². The lowest BCUT2D eigenvalue weighted by molar-refractivity contribution is -0.139. The predicted octanol–water partition coefficient (Wildman–Crippen LogP) is 4.04. The standard InChI is InChI=1S/C24H17F6N7O3/c1-11-13(5-31)3-12(19(25)26)4-16(11)40-17-18(24(29,30)23(27)28)33-10-37(22(17)39)9-15-6-32-20(35-21(15)38)14-7-34-36(2)8-14/h3-4,6-8,10,19,23H,9H2,1-2H3,(H,32,35,38). The summed E-state index contributed by atoms with van der Waals surface area (Å²) in [6.45, 7) is 0.621. The van der Waals surface area contributed by atoms with Gasteiger partial charge in [-0.2, -0.15) is 19.1 Å². The Hall–Kier alpha value is -4.94. The topological polar surface area (TPSA) is 131 Å². The molecule has 0 radical (unpaired) electrons. The number of rotatable bonds is 8. The minimum absolute atomic E-state index is 0.125. The Labute approximate surface area is 220 Å². The fourth-order valence-corrected chi connectivity index (χ4v) is 3.59. The number of nitrogens with zero attached hydrogens (tertiary/aromatic N) is 6. The van der Waals surface area contributed by atoms with E-state index >= 15 is 0 Å². The maximum absolute atomic E-state index is 14.4. The van der Waals surface area contributed by atoms with E-state index in [0.29, 0.717) is 22.5 Å². The molecule has 0 spiro atoms. The lowest BCUT2D eigenvalue weighted by atomic mass is 10.0. The molecule has 40 heavy (non-hydrogen) atoms. The predicted molar refractivity (Wildman–Crippen MR) is 125 cm³/mol. The Morgan fingerprint density at radius 1 is 1.15 bits per heavy atom. The number of nitrogens with one attached hydrogen (secondary N) is 1. The van der Waals surface area contributed by atoms with Crippen molar-refractivity contribution < 1.29 is 31.1 Å². The molecule has 0 amide bonds. The number of hydrogen-bond acceptors (Lipinski definition) is 7. The molecule has 1 N–H and O–H groups in total. The third kappa shape index (κ3) is 5.30. The molecule has 0 saturated heterocycles. The van der Waals surface area contributed by atoms with Gasteiger partial charge in [0.1, 0.15) is 11.6 Å². The van der Waals surface area contributed by atoms with Gasteiger partial charge < -0.3 is 9.72 Å². The Balaban J connectivity index is 1.82. The molecule has 3 aromatic heterocycles. The number of halogens is 6. The first-order chi connectivity index (χ1) is 18.8. The van der Waals surface area contributed by atoms with Crippen molar-refractivity contribution in [2.45, 2.75) is 32.2 Å². The van der Waals surface area contributed by atoms with E-state index in [1.54, 1.807) is 19.3 Å². The first kappa shape index (κ1) is 28.1. The first-order valence-corrected chi connectivity index (χ1v) is 11.2. The number of hydrogen-bond donors (Lipinski definition) is 1. The van der Waals surface area contributed by atoms with Gasteiger partial charge >= 0.3 is 12.3 Å². The number of ether oxygens (including phenoxy) is 1. The van der Waals surface area contributed by atoms with Crippen molar-refractivity contribution in [1.82, 2.24) is 29.3 Å². The molecular weight excluding hydrogens is 548 g/mol. The summed E-state index contributed by atoms with van der Waals surface area (Å²) < 4.78 is 89.4. The van der Waals surface area contributed by atoms with Gasteiger partial charge in [-0.25, -0.2) is 27.5 Å². The number of aryl methyl sites for hydroxylation is 1. The molecule has 0 saturated carbocycles. The number of benzene rings is 1. The summed E-state index contributed by atoms with van der Waals surface area (Å²) in [5, 5.41) is 13.2. The first-order valence-electron chi connectivity index (χ1n) is 11.2. The van der Waals surface area contributed by atoms with E-state index in [1.807, 2.05) is 0 Å². The minimum Gasteiger partial charge on any atom is -0.449 e. The Morgan fingerprint density at radius 2 is 1.88 bits per heavy atom. The smallest absolute Gasteiger partial charge is 0.352 e. The van der Waals surface area contributed by atoms with Crippen molar-refractivity contribution in [2.75, 3.05) is 0 Å². The molecule has 4 aromatic rings. The highest BCUT2D eigenvalue weighted by molar-refractivity contribution is 5.52. The van der Waals surface area contributed by atoms with Gasteiger partial charge in [-0.15, -0.1) is 0 Å². The zero-order valence-corrected chi connectivity index (χ0v) is 20.5. The van der Waals surface area contributed by atoms with Crippen LogP contribution in [0.2, 0.25) is 0 Å². The molecule has 208 valence electrons. The molecule has 0 atom stereocenters. The van der Waals surface area contributed by atoms with Crippen LogP contribution in [0, 0.1) is 18.3 Å². The highest BCUT2D eigenvalue weighted by atomic mass is 19.3. The van der Waals surface area contributed by atoms with Gasteiger partial charge in [-0.1, -0.05) is 0 Å². The SMILES string of the molecule is Cc1c(C#N)cc(C(F)F)cc1Oc1c(C(F)(F)C(F)F)ncn(Cc2cnc(-c3cnn(C)c3)[nH]c2=O)c1=O. The summed E-state index contributed by atoms with van der Waals surface area (Å²) in [5.41, 5.74) is -4.77. The summed E-state index contributed by atoms with van der Waals surface area (Å²) in [7, 11) is 1.64. The van der Waals surface area contributed by atoms with Crippen LogP contribution in [0.4, 0.5) is 26.3 Å². The molecule has 0 aliphatic rings. The number of H-pyrrole nitrogens is 1. The number of aromatic nitrogens is 6. The van der Waals surface area contributed by atoms with Crippen LogP contribution in [-0.2, 0) is 19.5 Å². The molecule has 0 fully saturated rings. The summed E-state index contributed by atoms with van der Waals surface area (Å²) in [6.07, 6.45) is -2.81. The largest absolute Gasteiger partial charge is 0.449 e. The second-order valence-electron chi connectivity index (χ2n) is 8.47. The van der Waals surface area contributed by atoms with E-state index in [9.17, 15) is 41.2 Å². The molecule has 16 heteroatoms. The van der Waals surface area contributed by atoms with E-state index in [0.717, 1.165) is 12.3 Å². The second-order valence-corrected chi connectivity index (χ2v) is 8.47. The summed E-state index contributed by atoms with van der Waals surface area (Å²) >= 11 is 0. The van der Waals surface area contributed by atoms with Crippen LogP contribution in [0.25, 0.3) is 11.4 Å². The Kier molecular flexibility index (Phi) is 7.49. The molecule has 0 unspecified atom stereocenters. The maximum Gasteiger partial charge on any atom is 0.352 e. The van der Waals surface area contributed by atoms with Crippen molar-refractivity contribution in [1.29, 1.82) is 5.26 Å². The molecule has 10 nitrogen and oxygen atoms in total. The van der Waals surface area contributed by atoms with Crippen molar-refractivity contribution >= 4 is 0 Å². The lowest BCUT2D eigenvalue weighted by Crippen LogP contribution is -2.32. The molecule has 4 rings (SSSR count). The normalized spacial score (nSPS) is 11.7. The second kappa shape index (κ2) is 10.7. The quantitative estimate of drug-likeness (QED) is 0.319. The number of aromatic amines is 1. The van der Waals surface area contributed by atoms with Crippen LogP contribution >= 0.6 is 0 Å². The zero-order valence-electron chi connectivity index (χ0n) is 20.5. The average Bonchev–Trinajstić information content (AvgIpc) is 3.34. The van der Waals surface area contributed by atoms with Gasteiger partial charge in [0.15, 0.2) is 5.69 Å². The van der Waals surface area contributed by atoms with Crippen LogP contribution in [0.1, 0.15) is 34.4 Å². The van der Waals surface area contributed by atoms with Gasteiger partial charge in [-0.05, 0) is 19.1 Å². The summed E-state index contributed by atoms with van der Waals surface area (Å²) in [4.78, 5) is 35.7. The van der Waals surface area contributed by atoms with Crippen LogP contribution in [-0.4, -0.2) is 35.7 Å². The van der Waals surface area contributed by atoms with E-state index in [1.165, 1.54) is 17.8 Å². The Morgan fingerprint density at radius 3 is 2.45 bits per heavy atom. The third-order valence-electron chi connectivity index (χ3n) is 5.75. The maximum atomic E-state index is 14.4. The average molecular weight is 565 g/mol.